The molecule has 3 heteroatoms. The van der Waals surface area contributed by atoms with Crippen LogP contribution in [0.15, 0.2) is 48.7 Å². The van der Waals surface area contributed by atoms with Crippen molar-refractivity contribution in [2.24, 2.45) is 5.92 Å². The molecule has 24 heavy (non-hydrogen) atoms. The van der Waals surface area contributed by atoms with Crippen molar-refractivity contribution < 1.29 is 4.79 Å². The Labute approximate surface area is 141 Å². The molecule has 0 unspecified atom stereocenters. The Morgan fingerprint density at radius 1 is 1.08 bits per heavy atom. The Balaban J connectivity index is 1.68. The number of nitrogens with one attached hydrogen (secondary N) is 1. The highest BCUT2D eigenvalue weighted by Crippen LogP contribution is 2.31. The summed E-state index contributed by atoms with van der Waals surface area (Å²) in [5.74, 6) is 0.918. The lowest BCUT2D eigenvalue weighted by Gasteiger charge is -2.10. The number of anilines is 1. The summed E-state index contributed by atoms with van der Waals surface area (Å²) in [5, 5.41) is 5.08. The molecule has 120 valence electrons. The molecule has 1 amide bonds. The third kappa shape index (κ3) is 2.78. The summed E-state index contributed by atoms with van der Waals surface area (Å²) >= 11 is 0. The van der Waals surface area contributed by atoms with E-state index in [1.54, 1.807) is 0 Å². The highest BCUT2D eigenvalue weighted by molar-refractivity contribution is 5.96. The summed E-state index contributed by atoms with van der Waals surface area (Å²) in [6.07, 6.45) is 3.84. The van der Waals surface area contributed by atoms with Gasteiger partial charge < -0.3 is 5.32 Å². The largest absolute Gasteiger partial charge is 0.310 e. The van der Waals surface area contributed by atoms with Crippen molar-refractivity contribution in [1.29, 1.82) is 0 Å². The number of rotatable bonds is 3. The molecule has 1 fully saturated rings. The Kier molecular flexibility index (Phi) is 3.57. The van der Waals surface area contributed by atoms with Gasteiger partial charge in [-0.1, -0.05) is 30.3 Å². The average molecular weight is 316 g/mol. The SMILES string of the molecule is Cc1cccc(-c2ccc3cc(NC(=O)C4CC4)ncc3c2)c1C. The molecule has 0 aliphatic heterocycles. The number of pyridine rings is 1. The third-order valence-corrected chi connectivity index (χ3v) is 4.84. The maximum Gasteiger partial charge on any atom is 0.228 e. The van der Waals surface area contributed by atoms with E-state index in [-0.39, 0.29) is 11.8 Å². The summed E-state index contributed by atoms with van der Waals surface area (Å²) < 4.78 is 0. The average Bonchev–Trinajstić information content (AvgIpc) is 3.42. The van der Waals surface area contributed by atoms with Gasteiger partial charge in [-0.15, -0.1) is 0 Å². The van der Waals surface area contributed by atoms with Gasteiger partial charge in [0.2, 0.25) is 5.91 Å². The second-order valence-electron chi connectivity index (χ2n) is 6.64. The summed E-state index contributed by atoms with van der Waals surface area (Å²) in [6, 6.07) is 14.7. The third-order valence-electron chi connectivity index (χ3n) is 4.84. The molecule has 1 heterocycles. The molecule has 3 nitrogen and oxygen atoms in total. The fraction of sp³-hybridized carbons (Fsp3) is 0.238. The smallest absolute Gasteiger partial charge is 0.228 e. The van der Waals surface area contributed by atoms with E-state index in [1.807, 2.05) is 12.3 Å². The lowest BCUT2D eigenvalue weighted by molar-refractivity contribution is -0.117. The molecule has 0 radical (unpaired) electrons. The van der Waals surface area contributed by atoms with Crippen molar-refractivity contribution in [1.82, 2.24) is 4.98 Å². The number of nitrogens with zero attached hydrogens (tertiary/aromatic N) is 1. The van der Waals surface area contributed by atoms with Crippen LogP contribution in [-0.4, -0.2) is 10.9 Å². The monoisotopic (exact) mass is 316 g/mol. The maximum absolute atomic E-state index is 11.9. The Morgan fingerprint density at radius 3 is 2.71 bits per heavy atom. The first-order valence-corrected chi connectivity index (χ1v) is 8.39. The zero-order valence-electron chi connectivity index (χ0n) is 14.0. The number of benzene rings is 2. The molecule has 1 aliphatic carbocycles. The highest BCUT2D eigenvalue weighted by atomic mass is 16.2. The summed E-state index contributed by atoms with van der Waals surface area (Å²) in [4.78, 5) is 16.3. The molecule has 1 aliphatic rings. The van der Waals surface area contributed by atoms with Crippen LogP contribution in [0.25, 0.3) is 21.9 Å². The van der Waals surface area contributed by atoms with Gasteiger partial charge >= 0.3 is 0 Å². The van der Waals surface area contributed by atoms with Gasteiger partial charge in [-0.3, -0.25) is 4.79 Å². The van der Waals surface area contributed by atoms with E-state index in [0.717, 1.165) is 23.6 Å². The number of carbonyl (C=O) groups is 1. The van der Waals surface area contributed by atoms with Gasteiger partial charge in [0, 0.05) is 17.5 Å². The van der Waals surface area contributed by atoms with Crippen molar-refractivity contribution in [3.63, 3.8) is 0 Å². The van der Waals surface area contributed by atoms with Crippen molar-refractivity contribution in [3.05, 3.63) is 59.8 Å². The molecule has 0 spiro atoms. The molecule has 0 bridgehead atoms. The van der Waals surface area contributed by atoms with Crippen LogP contribution in [0.3, 0.4) is 0 Å². The first kappa shape index (κ1) is 14.9. The molecule has 4 rings (SSSR count). The van der Waals surface area contributed by atoms with Crippen LogP contribution in [0.2, 0.25) is 0 Å². The summed E-state index contributed by atoms with van der Waals surface area (Å²) in [5.41, 5.74) is 5.05. The lowest BCUT2D eigenvalue weighted by Crippen LogP contribution is -2.14. The quantitative estimate of drug-likeness (QED) is 0.749. The van der Waals surface area contributed by atoms with E-state index in [2.05, 4.69) is 60.5 Å². The van der Waals surface area contributed by atoms with Crippen molar-refractivity contribution in [3.8, 4) is 11.1 Å². The molecule has 0 atom stereocenters. The number of amides is 1. The Hall–Kier alpha value is -2.68. The van der Waals surface area contributed by atoms with Gasteiger partial charge in [0.15, 0.2) is 0 Å². The standard InChI is InChI=1S/C21H20N2O/c1-13-4-3-5-19(14(13)2)17-9-8-16-11-20(22-12-18(16)10-17)23-21(24)15-6-7-15/h3-5,8-12,15H,6-7H2,1-2H3,(H,22,23,24). The lowest BCUT2D eigenvalue weighted by atomic mass is 9.96. The van der Waals surface area contributed by atoms with Gasteiger partial charge in [0.05, 0.1) is 0 Å². The second kappa shape index (κ2) is 5.75. The number of carbonyl (C=O) groups excluding carboxylic acids is 1. The molecule has 3 aromatic rings. The number of aromatic nitrogens is 1. The van der Waals surface area contributed by atoms with Crippen LogP contribution >= 0.6 is 0 Å². The van der Waals surface area contributed by atoms with E-state index in [0.29, 0.717) is 5.82 Å². The van der Waals surface area contributed by atoms with Crippen LogP contribution in [-0.2, 0) is 4.79 Å². The van der Waals surface area contributed by atoms with Gasteiger partial charge in [0.25, 0.3) is 0 Å². The van der Waals surface area contributed by atoms with E-state index in [1.165, 1.54) is 22.3 Å². The fourth-order valence-electron chi connectivity index (χ4n) is 3.02. The van der Waals surface area contributed by atoms with Crippen LogP contribution in [0.1, 0.15) is 24.0 Å². The Morgan fingerprint density at radius 2 is 1.92 bits per heavy atom. The molecule has 1 saturated carbocycles. The minimum atomic E-state index is 0.0915. The first-order chi connectivity index (χ1) is 11.6. The number of hydrogen-bond donors (Lipinski definition) is 1. The normalized spacial score (nSPS) is 13.9. The highest BCUT2D eigenvalue weighted by Gasteiger charge is 2.29. The maximum atomic E-state index is 11.9. The van der Waals surface area contributed by atoms with Crippen LogP contribution in [0, 0.1) is 19.8 Å². The fourth-order valence-corrected chi connectivity index (χ4v) is 3.02. The van der Waals surface area contributed by atoms with Gasteiger partial charge in [0.1, 0.15) is 5.82 Å². The van der Waals surface area contributed by atoms with Crippen molar-refractivity contribution >= 4 is 22.5 Å². The topological polar surface area (TPSA) is 42.0 Å². The predicted molar refractivity (Wildman–Crippen MR) is 98.0 cm³/mol. The zero-order valence-corrected chi connectivity index (χ0v) is 14.0. The van der Waals surface area contributed by atoms with Crippen molar-refractivity contribution in [2.75, 3.05) is 5.32 Å². The number of fused-ring (bicyclic) bond motifs is 1. The van der Waals surface area contributed by atoms with E-state index < -0.39 is 0 Å². The molecule has 1 aromatic heterocycles. The molecule has 1 N–H and O–H groups in total. The Bertz CT molecular complexity index is 942. The zero-order chi connectivity index (χ0) is 16.7. The number of hydrogen-bond acceptors (Lipinski definition) is 2. The first-order valence-electron chi connectivity index (χ1n) is 8.39. The van der Waals surface area contributed by atoms with Gasteiger partial charge in [-0.25, -0.2) is 4.98 Å². The van der Waals surface area contributed by atoms with E-state index in [4.69, 9.17) is 0 Å². The molecular weight excluding hydrogens is 296 g/mol. The van der Waals surface area contributed by atoms with Crippen LogP contribution in [0.5, 0.6) is 0 Å². The van der Waals surface area contributed by atoms with E-state index >= 15 is 0 Å². The molecule has 0 saturated heterocycles. The van der Waals surface area contributed by atoms with Crippen LogP contribution < -0.4 is 5.32 Å². The summed E-state index contributed by atoms with van der Waals surface area (Å²) in [6.45, 7) is 4.29. The second-order valence-corrected chi connectivity index (χ2v) is 6.64. The van der Waals surface area contributed by atoms with E-state index in [9.17, 15) is 4.79 Å². The minimum Gasteiger partial charge on any atom is -0.310 e. The molecular formula is C21H20N2O. The minimum absolute atomic E-state index is 0.0915. The van der Waals surface area contributed by atoms with Gasteiger partial charge in [-0.05, 0) is 66.5 Å². The summed E-state index contributed by atoms with van der Waals surface area (Å²) in [7, 11) is 0. The van der Waals surface area contributed by atoms with Crippen LogP contribution in [0.4, 0.5) is 5.82 Å². The molecule has 2 aromatic carbocycles. The van der Waals surface area contributed by atoms with Crippen molar-refractivity contribution in [2.45, 2.75) is 26.7 Å². The van der Waals surface area contributed by atoms with Gasteiger partial charge in [-0.2, -0.15) is 0 Å². The predicted octanol–water partition coefficient (Wildman–Crippen LogP) is 4.87. The number of aryl methyl sites for hydroxylation is 1.